The number of benzene rings is 1. The summed E-state index contributed by atoms with van der Waals surface area (Å²) >= 11 is 0. The first kappa shape index (κ1) is 14.0. The Balaban J connectivity index is 2.17. The molecule has 0 unspecified atom stereocenters. The zero-order valence-corrected chi connectivity index (χ0v) is 10.6. The lowest BCUT2D eigenvalue weighted by Crippen LogP contribution is -1.99. The zero-order chi connectivity index (χ0) is 14.4. The maximum Gasteiger partial charge on any atom is 0.141 e. The molecule has 0 fully saturated rings. The van der Waals surface area contributed by atoms with Gasteiger partial charge in [-0.2, -0.15) is 0 Å². The summed E-state index contributed by atoms with van der Waals surface area (Å²) in [5.74, 6) is 4.87. The monoisotopic (exact) mass is 274 g/mol. The smallest absolute Gasteiger partial charge is 0.141 e. The first-order chi connectivity index (χ1) is 9.69. The molecule has 0 bridgehead atoms. The number of hydrogen-bond acceptors (Lipinski definition) is 3. The second-order valence-corrected chi connectivity index (χ2v) is 3.95. The summed E-state index contributed by atoms with van der Waals surface area (Å²) in [5, 5.41) is 0. The summed E-state index contributed by atoms with van der Waals surface area (Å²) in [6.45, 7) is 0.274. The van der Waals surface area contributed by atoms with Gasteiger partial charge in [0, 0.05) is 17.8 Å². The summed E-state index contributed by atoms with van der Waals surface area (Å²) in [6, 6.07) is 5.33. The molecule has 2 N–H and O–H groups in total. The molecular formula is C15H12F2N2O. The number of nitrogens with two attached hydrogens (primary N) is 1. The van der Waals surface area contributed by atoms with Crippen molar-refractivity contribution in [2.24, 2.45) is 5.73 Å². The number of aromatic nitrogens is 1. The lowest BCUT2D eigenvalue weighted by molar-refractivity contribution is 0.302. The van der Waals surface area contributed by atoms with Crippen molar-refractivity contribution in [2.45, 2.75) is 6.61 Å². The Labute approximate surface area is 115 Å². The number of pyridine rings is 1. The van der Waals surface area contributed by atoms with E-state index in [1.807, 2.05) is 0 Å². The highest BCUT2D eigenvalue weighted by Crippen LogP contribution is 2.20. The lowest BCUT2D eigenvalue weighted by Gasteiger charge is -2.08. The van der Waals surface area contributed by atoms with Crippen molar-refractivity contribution < 1.29 is 13.5 Å². The molecule has 1 aromatic heterocycles. The molecule has 1 heterocycles. The van der Waals surface area contributed by atoms with Crippen LogP contribution in [0.5, 0.6) is 5.75 Å². The minimum atomic E-state index is -0.450. The predicted octanol–water partition coefficient (Wildman–Crippen LogP) is 2.25. The van der Waals surface area contributed by atoms with Gasteiger partial charge < -0.3 is 10.5 Å². The van der Waals surface area contributed by atoms with E-state index in [2.05, 4.69) is 16.8 Å². The summed E-state index contributed by atoms with van der Waals surface area (Å²) < 4.78 is 31.7. The molecule has 2 rings (SSSR count). The van der Waals surface area contributed by atoms with E-state index in [-0.39, 0.29) is 18.9 Å². The molecule has 0 saturated carbocycles. The first-order valence-electron chi connectivity index (χ1n) is 5.90. The van der Waals surface area contributed by atoms with Crippen LogP contribution in [0.25, 0.3) is 0 Å². The van der Waals surface area contributed by atoms with E-state index in [1.165, 1.54) is 30.5 Å². The van der Waals surface area contributed by atoms with Gasteiger partial charge in [-0.05, 0) is 18.2 Å². The van der Waals surface area contributed by atoms with Gasteiger partial charge in [0.15, 0.2) is 0 Å². The Bertz CT molecular complexity index is 662. The molecule has 2 aromatic rings. The maximum absolute atomic E-state index is 13.2. The summed E-state index contributed by atoms with van der Waals surface area (Å²) in [6.07, 6.45) is 2.58. The van der Waals surface area contributed by atoms with E-state index in [4.69, 9.17) is 10.5 Å². The summed E-state index contributed by atoms with van der Waals surface area (Å²) in [7, 11) is 0. The van der Waals surface area contributed by atoms with Crippen molar-refractivity contribution >= 4 is 0 Å². The average Bonchev–Trinajstić information content (AvgIpc) is 2.44. The fraction of sp³-hybridized carbons (Fsp3) is 0.133. The Morgan fingerprint density at radius 2 is 2.00 bits per heavy atom. The first-order valence-corrected chi connectivity index (χ1v) is 5.90. The van der Waals surface area contributed by atoms with Gasteiger partial charge in [0.25, 0.3) is 0 Å². The largest absolute Gasteiger partial charge is 0.487 e. The standard InChI is InChI=1S/C15H12F2N2O/c16-13-4-3-12(2-1-5-18)15(7-13)20-10-11-6-14(17)9-19-8-11/h3-4,6-9H,5,10,18H2. The summed E-state index contributed by atoms with van der Waals surface area (Å²) in [5.41, 5.74) is 6.38. The van der Waals surface area contributed by atoms with E-state index in [0.29, 0.717) is 11.1 Å². The van der Waals surface area contributed by atoms with Gasteiger partial charge in [0.1, 0.15) is 24.0 Å². The van der Waals surface area contributed by atoms with Gasteiger partial charge >= 0.3 is 0 Å². The number of hydrogen-bond donors (Lipinski definition) is 1. The van der Waals surface area contributed by atoms with Crippen molar-refractivity contribution in [1.82, 2.24) is 4.98 Å². The molecule has 5 heteroatoms. The third-order valence-corrected chi connectivity index (χ3v) is 2.42. The van der Waals surface area contributed by atoms with Crippen LogP contribution < -0.4 is 10.5 Å². The molecule has 0 amide bonds. The second kappa shape index (κ2) is 6.64. The van der Waals surface area contributed by atoms with Crippen LogP contribution in [-0.2, 0) is 6.61 Å². The molecular weight excluding hydrogens is 262 g/mol. The average molecular weight is 274 g/mol. The van der Waals surface area contributed by atoms with E-state index >= 15 is 0 Å². The van der Waals surface area contributed by atoms with Crippen LogP contribution >= 0.6 is 0 Å². The molecule has 0 radical (unpaired) electrons. The molecule has 0 aliphatic rings. The highest BCUT2D eigenvalue weighted by Gasteiger charge is 2.05. The Kier molecular flexibility index (Phi) is 4.64. The molecule has 0 saturated heterocycles. The second-order valence-electron chi connectivity index (χ2n) is 3.95. The van der Waals surface area contributed by atoms with Gasteiger partial charge in [-0.15, -0.1) is 0 Å². The van der Waals surface area contributed by atoms with Crippen LogP contribution in [0.1, 0.15) is 11.1 Å². The summed E-state index contributed by atoms with van der Waals surface area (Å²) in [4.78, 5) is 3.71. The van der Waals surface area contributed by atoms with Gasteiger partial charge in [-0.3, -0.25) is 4.98 Å². The van der Waals surface area contributed by atoms with Crippen LogP contribution in [0, 0.1) is 23.5 Å². The maximum atomic E-state index is 13.2. The SMILES string of the molecule is NCC#Cc1ccc(F)cc1OCc1cncc(F)c1. The molecule has 20 heavy (non-hydrogen) atoms. The van der Waals surface area contributed by atoms with E-state index in [9.17, 15) is 8.78 Å². The lowest BCUT2D eigenvalue weighted by atomic mass is 10.2. The Hall–Kier alpha value is -2.45. The van der Waals surface area contributed by atoms with Crippen molar-refractivity contribution in [2.75, 3.05) is 6.54 Å². The fourth-order valence-electron chi connectivity index (χ4n) is 1.56. The van der Waals surface area contributed by atoms with E-state index in [1.54, 1.807) is 0 Å². The van der Waals surface area contributed by atoms with Gasteiger partial charge in [0.2, 0.25) is 0 Å². The molecule has 0 spiro atoms. The van der Waals surface area contributed by atoms with Crippen molar-refractivity contribution in [3.63, 3.8) is 0 Å². The van der Waals surface area contributed by atoms with Crippen LogP contribution in [0.2, 0.25) is 0 Å². The highest BCUT2D eigenvalue weighted by atomic mass is 19.1. The van der Waals surface area contributed by atoms with Crippen molar-refractivity contribution in [3.8, 4) is 17.6 Å². The van der Waals surface area contributed by atoms with Crippen LogP contribution in [0.4, 0.5) is 8.78 Å². The Morgan fingerprint density at radius 3 is 2.75 bits per heavy atom. The van der Waals surface area contributed by atoms with E-state index in [0.717, 1.165) is 6.20 Å². The number of rotatable bonds is 3. The number of halogens is 2. The van der Waals surface area contributed by atoms with Gasteiger partial charge in [-0.1, -0.05) is 11.8 Å². The van der Waals surface area contributed by atoms with Gasteiger partial charge in [0.05, 0.1) is 18.3 Å². The highest BCUT2D eigenvalue weighted by molar-refractivity contribution is 5.46. The third-order valence-electron chi connectivity index (χ3n) is 2.42. The van der Waals surface area contributed by atoms with Crippen LogP contribution in [0.3, 0.4) is 0 Å². The van der Waals surface area contributed by atoms with Crippen molar-refractivity contribution in [1.29, 1.82) is 0 Å². The normalized spacial score (nSPS) is 9.75. The van der Waals surface area contributed by atoms with E-state index < -0.39 is 11.6 Å². The minimum Gasteiger partial charge on any atom is -0.487 e. The Morgan fingerprint density at radius 1 is 1.15 bits per heavy atom. The van der Waals surface area contributed by atoms with Crippen molar-refractivity contribution in [3.05, 3.63) is 59.4 Å². The molecule has 1 aromatic carbocycles. The number of ether oxygens (including phenoxy) is 1. The van der Waals surface area contributed by atoms with Gasteiger partial charge in [-0.25, -0.2) is 8.78 Å². The molecule has 0 aliphatic heterocycles. The van der Waals surface area contributed by atoms with Crippen LogP contribution in [-0.4, -0.2) is 11.5 Å². The molecule has 0 aliphatic carbocycles. The quantitative estimate of drug-likeness (QED) is 0.873. The van der Waals surface area contributed by atoms with Crippen LogP contribution in [0.15, 0.2) is 36.7 Å². The predicted molar refractivity (Wildman–Crippen MR) is 70.9 cm³/mol. The number of nitrogens with zero attached hydrogens (tertiary/aromatic N) is 1. The molecule has 0 atom stereocenters. The fourth-order valence-corrected chi connectivity index (χ4v) is 1.56. The minimum absolute atomic E-state index is 0.0749. The zero-order valence-electron chi connectivity index (χ0n) is 10.6. The third kappa shape index (κ3) is 3.77. The molecule has 102 valence electrons. The topological polar surface area (TPSA) is 48.1 Å². The molecule has 3 nitrogen and oxygen atoms in total.